The zero-order valence-corrected chi connectivity index (χ0v) is 7.86. The Kier molecular flexibility index (Phi) is 3.41. The van der Waals surface area contributed by atoms with Crippen molar-refractivity contribution in [1.82, 2.24) is 9.88 Å². The van der Waals surface area contributed by atoms with Crippen LogP contribution in [0.5, 0.6) is 0 Å². The molecule has 0 aliphatic heterocycles. The van der Waals surface area contributed by atoms with Crippen LogP contribution in [0.25, 0.3) is 0 Å². The summed E-state index contributed by atoms with van der Waals surface area (Å²) in [4.78, 5) is 26.0. The second kappa shape index (κ2) is 4.57. The fourth-order valence-corrected chi connectivity index (χ4v) is 1.12. The summed E-state index contributed by atoms with van der Waals surface area (Å²) in [6, 6.07) is 3.39. The summed E-state index contributed by atoms with van der Waals surface area (Å²) in [6.07, 6.45) is 1.66. The first-order chi connectivity index (χ1) is 6.59. The summed E-state index contributed by atoms with van der Waals surface area (Å²) in [5.74, 6) is -1.05. The number of H-pyrrole nitrogens is 1. The molecule has 0 saturated carbocycles. The second-order valence-electron chi connectivity index (χ2n) is 3.07. The fourth-order valence-electron chi connectivity index (χ4n) is 1.12. The van der Waals surface area contributed by atoms with Gasteiger partial charge in [-0.2, -0.15) is 0 Å². The Balaban J connectivity index is 2.45. The number of carbonyl (C=O) groups is 2. The van der Waals surface area contributed by atoms with Crippen molar-refractivity contribution in [1.29, 1.82) is 0 Å². The van der Waals surface area contributed by atoms with Crippen LogP contribution in [0.1, 0.15) is 10.5 Å². The van der Waals surface area contributed by atoms with E-state index in [9.17, 15) is 9.59 Å². The monoisotopic (exact) mass is 196 g/mol. The van der Waals surface area contributed by atoms with E-state index in [4.69, 9.17) is 5.11 Å². The van der Waals surface area contributed by atoms with Crippen LogP contribution in [0.2, 0.25) is 0 Å². The summed E-state index contributed by atoms with van der Waals surface area (Å²) in [6.45, 7) is -0.0285. The number of aromatic nitrogens is 1. The molecule has 0 bridgehead atoms. The Hall–Kier alpha value is -1.62. The van der Waals surface area contributed by atoms with E-state index in [1.54, 1.807) is 25.4 Å². The van der Waals surface area contributed by atoms with Gasteiger partial charge in [0.1, 0.15) is 0 Å². The number of carboxylic acid groups (broad SMARTS) is 1. The van der Waals surface area contributed by atoms with Gasteiger partial charge >= 0.3 is 5.97 Å². The standard InChI is InChI=1S/C9H12N2O3/c1-11(6-9(13)14)5-8(12)7-3-2-4-10-7/h2-4,10H,5-6H2,1H3,(H,13,14). The predicted molar refractivity (Wildman–Crippen MR) is 50.3 cm³/mol. The first kappa shape index (κ1) is 10.5. The molecule has 0 fully saturated rings. The third-order valence-electron chi connectivity index (χ3n) is 1.72. The van der Waals surface area contributed by atoms with Gasteiger partial charge in [-0.15, -0.1) is 0 Å². The number of hydrogen-bond acceptors (Lipinski definition) is 3. The molecule has 0 radical (unpaired) electrons. The molecule has 0 aliphatic rings. The van der Waals surface area contributed by atoms with E-state index in [1.165, 1.54) is 4.90 Å². The number of Topliss-reactive ketones (excluding diaryl/α,β-unsaturated/α-hetero) is 1. The van der Waals surface area contributed by atoms with Crippen LogP contribution in [0.3, 0.4) is 0 Å². The van der Waals surface area contributed by atoms with Crippen LogP contribution in [-0.4, -0.2) is 46.9 Å². The Morgan fingerprint density at radius 2 is 2.21 bits per heavy atom. The van der Waals surface area contributed by atoms with Gasteiger partial charge in [0.05, 0.1) is 18.8 Å². The highest BCUT2D eigenvalue weighted by molar-refractivity contribution is 5.96. The van der Waals surface area contributed by atoms with E-state index in [0.717, 1.165) is 0 Å². The zero-order chi connectivity index (χ0) is 10.6. The SMILES string of the molecule is CN(CC(=O)O)CC(=O)c1ccc[nH]1. The minimum absolute atomic E-state index is 0.104. The summed E-state index contributed by atoms with van der Waals surface area (Å²) >= 11 is 0. The summed E-state index contributed by atoms with van der Waals surface area (Å²) in [5, 5.41) is 8.47. The number of nitrogens with one attached hydrogen (secondary N) is 1. The lowest BCUT2D eigenvalue weighted by Gasteiger charge is -2.11. The van der Waals surface area contributed by atoms with Gasteiger partial charge in [-0.05, 0) is 19.2 Å². The lowest BCUT2D eigenvalue weighted by molar-refractivity contribution is -0.137. The van der Waals surface area contributed by atoms with Gasteiger partial charge in [0, 0.05) is 6.20 Å². The molecule has 1 aromatic rings. The first-order valence-corrected chi connectivity index (χ1v) is 4.16. The minimum Gasteiger partial charge on any atom is -0.480 e. The van der Waals surface area contributed by atoms with Gasteiger partial charge in [-0.3, -0.25) is 14.5 Å². The molecule has 0 unspecified atom stereocenters. The maximum atomic E-state index is 11.4. The number of aromatic amines is 1. The van der Waals surface area contributed by atoms with E-state index >= 15 is 0 Å². The van der Waals surface area contributed by atoms with Crippen molar-refractivity contribution in [2.45, 2.75) is 0 Å². The highest BCUT2D eigenvalue weighted by Crippen LogP contribution is 1.97. The topological polar surface area (TPSA) is 73.4 Å². The fraction of sp³-hybridized carbons (Fsp3) is 0.333. The lowest BCUT2D eigenvalue weighted by Crippen LogP contribution is -2.31. The van der Waals surface area contributed by atoms with Crippen LogP contribution >= 0.6 is 0 Å². The van der Waals surface area contributed by atoms with Crippen LogP contribution in [0, 0.1) is 0 Å². The number of carboxylic acids is 1. The van der Waals surface area contributed by atoms with Crippen molar-refractivity contribution < 1.29 is 14.7 Å². The maximum Gasteiger partial charge on any atom is 0.317 e. The highest BCUT2D eigenvalue weighted by Gasteiger charge is 2.11. The lowest BCUT2D eigenvalue weighted by atomic mass is 10.3. The molecule has 1 heterocycles. The van der Waals surface area contributed by atoms with Crippen molar-refractivity contribution in [3.63, 3.8) is 0 Å². The number of aliphatic carboxylic acids is 1. The molecular weight excluding hydrogens is 184 g/mol. The van der Waals surface area contributed by atoms with Crippen molar-refractivity contribution in [3.05, 3.63) is 24.0 Å². The van der Waals surface area contributed by atoms with Gasteiger partial charge in [0.2, 0.25) is 0 Å². The summed E-state index contributed by atoms with van der Waals surface area (Å²) < 4.78 is 0. The van der Waals surface area contributed by atoms with Gasteiger partial charge in [0.25, 0.3) is 0 Å². The van der Waals surface area contributed by atoms with E-state index in [2.05, 4.69) is 4.98 Å². The second-order valence-corrected chi connectivity index (χ2v) is 3.07. The molecule has 0 saturated heterocycles. The third-order valence-corrected chi connectivity index (χ3v) is 1.72. The van der Waals surface area contributed by atoms with E-state index in [0.29, 0.717) is 5.69 Å². The molecular formula is C9H12N2O3. The average molecular weight is 196 g/mol. The molecule has 0 aromatic carbocycles. The summed E-state index contributed by atoms with van der Waals surface area (Å²) in [7, 11) is 1.59. The van der Waals surface area contributed by atoms with Crippen molar-refractivity contribution in [3.8, 4) is 0 Å². The normalized spacial score (nSPS) is 10.4. The van der Waals surface area contributed by atoms with Crippen LogP contribution in [0.4, 0.5) is 0 Å². The molecule has 1 rings (SSSR count). The number of hydrogen-bond donors (Lipinski definition) is 2. The third kappa shape index (κ3) is 3.02. The van der Waals surface area contributed by atoms with Crippen molar-refractivity contribution in [2.24, 2.45) is 0 Å². The zero-order valence-electron chi connectivity index (χ0n) is 7.86. The van der Waals surface area contributed by atoms with E-state index < -0.39 is 5.97 Å². The van der Waals surface area contributed by atoms with Crippen LogP contribution in [-0.2, 0) is 4.79 Å². The van der Waals surface area contributed by atoms with Gasteiger partial charge in [-0.25, -0.2) is 0 Å². The van der Waals surface area contributed by atoms with Crippen LogP contribution < -0.4 is 0 Å². The van der Waals surface area contributed by atoms with E-state index in [-0.39, 0.29) is 18.9 Å². The first-order valence-electron chi connectivity index (χ1n) is 4.16. The van der Waals surface area contributed by atoms with Gasteiger partial charge in [-0.1, -0.05) is 0 Å². The minimum atomic E-state index is -0.938. The molecule has 14 heavy (non-hydrogen) atoms. The highest BCUT2D eigenvalue weighted by atomic mass is 16.4. The van der Waals surface area contributed by atoms with Crippen molar-refractivity contribution >= 4 is 11.8 Å². The Bertz CT molecular complexity index is 319. The molecule has 5 heteroatoms. The quantitative estimate of drug-likeness (QED) is 0.660. The van der Waals surface area contributed by atoms with Gasteiger partial charge in [0.15, 0.2) is 5.78 Å². The van der Waals surface area contributed by atoms with Gasteiger partial charge < -0.3 is 10.1 Å². The molecule has 0 aliphatic carbocycles. The molecule has 0 spiro atoms. The number of ketones is 1. The number of likely N-dealkylation sites (N-methyl/N-ethyl adjacent to an activating group) is 1. The predicted octanol–water partition coefficient (Wildman–Crippen LogP) is 0.214. The Morgan fingerprint density at radius 3 is 2.71 bits per heavy atom. The molecule has 0 amide bonds. The Labute approximate surface area is 81.3 Å². The Morgan fingerprint density at radius 1 is 1.50 bits per heavy atom. The molecule has 76 valence electrons. The van der Waals surface area contributed by atoms with Crippen molar-refractivity contribution in [2.75, 3.05) is 20.1 Å². The number of carbonyl (C=O) groups excluding carboxylic acids is 1. The molecule has 5 nitrogen and oxygen atoms in total. The van der Waals surface area contributed by atoms with Crippen LogP contribution in [0.15, 0.2) is 18.3 Å². The molecule has 2 N–H and O–H groups in total. The summed E-state index contributed by atoms with van der Waals surface area (Å²) in [5.41, 5.74) is 0.502. The number of nitrogens with zero attached hydrogens (tertiary/aromatic N) is 1. The molecule has 0 atom stereocenters. The molecule has 1 aromatic heterocycles. The number of rotatable bonds is 5. The smallest absolute Gasteiger partial charge is 0.317 e. The van der Waals surface area contributed by atoms with E-state index in [1.807, 2.05) is 0 Å². The maximum absolute atomic E-state index is 11.4. The largest absolute Gasteiger partial charge is 0.480 e. The average Bonchev–Trinajstić information content (AvgIpc) is 2.53.